The molecule has 2 heterocycles. The molecule has 0 saturated carbocycles. The molecule has 0 atom stereocenters. The third-order valence-electron chi connectivity index (χ3n) is 7.97. The average molecular weight is 636 g/mol. The van der Waals surface area contributed by atoms with Crippen LogP contribution in [0.5, 0.6) is 0 Å². The number of nitrogens with zero attached hydrogens (tertiary/aromatic N) is 1. The smallest absolute Gasteiger partial charge is 0.0940 e. The number of hydrogen-bond donors (Lipinski definition) is 1. The fourth-order valence-corrected chi connectivity index (χ4v) is 7.54. The number of nitrogens with one attached hydrogen (secondary N) is 1. The summed E-state index contributed by atoms with van der Waals surface area (Å²) in [7, 11) is 0. The van der Waals surface area contributed by atoms with E-state index >= 15 is 0 Å². The fourth-order valence-electron chi connectivity index (χ4n) is 6.61. The zero-order valence-electron chi connectivity index (χ0n) is 25.4. The number of benzene rings is 3. The van der Waals surface area contributed by atoms with Crippen molar-refractivity contribution in [3.63, 3.8) is 0 Å². The van der Waals surface area contributed by atoms with Gasteiger partial charge in [0.2, 0.25) is 0 Å². The van der Waals surface area contributed by atoms with Crippen LogP contribution in [-0.2, 0) is 0 Å². The highest BCUT2D eigenvalue weighted by atomic mass is 35.5. The lowest BCUT2D eigenvalue weighted by Crippen LogP contribution is -2.05. The topological polar surface area (TPSA) is 28.1 Å². The molecule has 1 aliphatic heterocycles. The van der Waals surface area contributed by atoms with Crippen LogP contribution in [0.3, 0.4) is 0 Å². The van der Waals surface area contributed by atoms with E-state index in [2.05, 4.69) is 104 Å². The van der Waals surface area contributed by atoms with Gasteiger partial charge in [0, 0.05) is 16.7 Å². The Morgan fingerprint density at radius 3 is 1.45 bits per heavy atom. The van der Waals surface area contributed by atoms with Crippen LogP contribution >= 0.6 is 46.4 Å². The summed E-state index contributed by atoms with van der Waals surface area (Å²) in [6.07, 6.45) is 0. The molecule has 42 heavy (non-hydrogen) atoms. The SMILES string of the molecule is Cc1cc(C)c(C2=N/C(=C(/c3[nH]c(-c4c(C)cc(C)cc4C)c(Cl)c3Cl)c3c(C)cc(C)cc3C)C(Cl)=C2Cl)c(C)c1. The van der Waals surface area contributed by atoms with Crippen molar-refractivity contribution in [3.8, 4) is 11.3 Å². The molecule has 0 fully saturated rings. The Balaban J connectivity index is 1.89. The average Bonchev–Trinajstić information content (AvgIpc) is 3.31. The third-order valence-corrected chi connectivity index (χ3v) is 9.65. The Bertz CT molecular complexity index is 1830. The van der Waals surface area contributed by atoms with E-state index < -0.39 is 0 Å². The van der Waals surface area contributed by atoms with Gasteiger partial charge in [-0.1, -0.05) is 99.5 Å². The maximum absolute atomic E-state index is 7.13. The van der Waals surface area contributed by atoms with E-state index in [-0.39, 0.29) is 0 Å². The first kappa shape index (κ1) is 30.7. The van der Waals surface area contributed by atoms with Crippen molar-refractivity contribution in [2.75, 3.05) is 0 Å². The Labute approximate surface area is 269 Å². The second-order valence-corrected chi connectivity index (χ2v) is 13.1. The summed E-state index contributed by atoms with van der Waals surface area (Å²) in [5.74, 6) is 0. The highest BCUT2D eigenvalue weighted by Gasteiger charge is 2.32. The van der Waals surface area contributed by atoms with Gasteiger partial charge < -0.3 is 4.98 Å². The van der Waals surface area contributed by atoms with E-state index in [9.17, 15) is 0 Å². The van der Waals surface area contributed by atoms with Crippen LogP contribution in [0.25, 0.3) is 16.8 Å². The number of aliphatic imine (C=N–C) groups is 1. The zero-order valence-corrected chi connectivity index (χ0v) is 28.4. The van der Waals surface area contributed by atoms with Gasteiger partial charge in [-0.25, -0.2) is 4.99 Å². The molecule has 216 valence electrons. The molecule has 1 N–H and O–H groups in total. The van der Waals surface area contributed by atoms with Crippen LogP contribution in [0.15, 0.2) is 57.2 Å². The number of aryl methyl sites for hydroxylation is 9. The monoisotopic (exact) mass is 634 g/mol. The van der Waals surface area contributed by atoms with Crippen molar-refractivity contribution in [2.24, 2.45) is 4.99 Å². The van der Waals surface area contributed by atoms with E-state index in [0.29, 0.717) is 37.2 Å². The molecule has 6 heteroatoms. The molecule has 1 aromatic heterocycles. The van der Waals surface area contributed by atoms with Gasteiger partial charge in [-0.15, -0.1) is 0 Å². The van der Waals surface area contributed by atoms with Gasteiger partial charge >= 0.3 is 0 Å². The van der Waals surface area contributed by atoms with Gasteiger partial charge in [-0.05, 0) is 101 Å². The first-order valence-electron chi connectivity index (χ1n) is 13.9. The van der Waals surface area contributed by atoms with Gasteiger partial charge in [-0.3, -0.25) is 0 Å². The van der Waals surface area contributed by atoms with E-state index in [1.54, 1.807) is 0 Å². The first-order valence-corrected chi connectivity index (χ1v) is 15.4. The molecular formula is C36H34Cl4N2. The summed E-state index contributed by atoms with van der Waals surface area (Å²) in [6, 6.07) is 12.9. The minimum atomic E-state index is 0.381. The van der Waals surface area contributed by atoms with Gasteiger partial charge in [-0.2, -0.15) is 0 Å². The van der Waals surface area contributed by atoms with Gasteiger partial charge in [0.1, 0.15) is 0 Å². The highest BCUT2D eigenvalue weighted by molar-refractivity contribution is 6.54. The first-order chi connectivity index (χ1) is 19.7. The number of hydrogen-bond acceptors (Lipinski definition) is 1. The zero-order chi connectivity index (χ0) is 30.8. The predicted octanol–water partition coefficient (Wildman–Crippen LogP) is 11.7. The molecule has 3 aromatic carbocycles. The second kappa shape index (κ2) is 11.4. The molecule has 0 radical (unpaired) electrons. The maximum Gasteiger partial charge on any atom is 0.0940 e. The number of aromatic amines is 1. The second-order valence-electron chi connectivity index (χ2n) is 11.6. The summed E-state index contributed by atoms with van der Waals surface area (Å²) < 4.78 is 0. The summed E-state index contributed by atoms with van der Waals surface area (Å²) in [5.41, 5.74) is 16.5. The number of aromatic nitrogens is 1. The molecule has 0 unspecified atom stereocenters. The Kier molecular flexibility index (Phi) is 8.33. The van der Waals surface area contributed by atoms with Crippen LogP contribution in [0.1, 0.15) is 66.9 Å². The molecule has 2 nitrogen and oxygen atoms in total. The van der Waals surface area contributed by atoms with E-state index in [4.69, 9.17) is 51.4 Å². The quantitative estimate of drug-likeness (QED) is 0.231. The van der Waals surface area contributed by atoms with Gasteiger partial charge in [0.15, 0.2) is 0 Å². The third kappa shape index (κ3) is 5.18. The predicted molar refractivity (Wildman–Crippen MR) is 183 cm³/mol. The fraction of sp³-hybridized carbons (Fsp3) is 0.250. The minimum Gasteiger partial charge on any atom is -0.352 e. The van der Waals surface area contributed by atoms with Crippen molar-refractivity contribution >= 4 is 57.7 Å². The summed E-state index contributed by atoms with van der Waals surface area (Å²) >= 11 is 28.3. The van der Waals surface area contributed by atoms with Gasteiger partial charge in [0.25, 0.3) is 0 Å². The van der Waals surface area contributed by atoms with Gasteiger partial charge in [0.05, 0.1) is 42.9 Å². The van der Waals surface area contributed by atoms with Crippen molar-refractivity contribution in [1.82, 2.24) is 4.98 Å². The molecule has 4 aromatic rings. The number of H-pyrrole nitrogens is 1. The van der Waals surface area contributed by atoms with Crippen molar-refractivity contribution in [3.05, 3.63) is 129 Å². The normalized spacial score (nSPS) is 14.6. The maximum atomic E-state index is 7.13. The van der Waals surface area contributed by atoms with Crippen LogP contribution in [0.4, 0.5) is 0 Å². The lowest BCUT2D eigenvalue weighted by molar-refractivity contribution is 1.24. The molecule has 5 rings (SSSR count). The Hall–Kier alpha value is -2.75. The summed E-state index contributed by atoms with van der Waals surface area (Å²) in [4.78, 5) is 8.78. The molecule has 0 spiro atoms. The standard InChI is InChI=1S/C36H34Cl4N2/c1-16-10-19(4)25(20(5)11-16)28(35-31(39)29(37)33(41-35)26-21(6)12-17(2)13-22(26)7)36-32(40)30(38)34(42-36)27-23(8)14-18(3)15-24(27)9/h10-15,41H,1-9H3/b36-28+. The molecule has 0 amide bonds. The van der Waals surface area contributed by atoms with E-state index in [1.807, 2.05) is 0 Å². The Morgan fingerprint density at radius 1 is 0.548 bits per heavy atom. The van der Waals surface area contributed by atoms with E-state index in [1.165, 1.54) is 16.7 Å². The Morgan fingerprint density at radius 2 is 0.976 bits per heavy atom. The van der Waals surface area contributed by atoms with Crippen LogP contribution in [0, 0.1) is 62.3 Å². The number of allylic oxidation sites excluding steroid dienone is 2. The molecule has 0 saturated heterocycles. The van der Waals surface area contributed by atoms with Crippen LogP contribution in [0.2, 0.25) is 10.0 Å². The summed E-state index contributed by atoms with van der Waals surface area (Å²) in [5, 5.41) is 1.67. The number of rotatable bonds is 4. The largest absolute Gasteiger partial charge is 0.352 e. The van der Waals surface area contributed by atoms with E-state index in [0.717, 1.165) is 61.3 Å². The minimum absolute atomic E-state index is 0.381. The lowest BCUT2D eigenvalue weighted by atomic mass is 9.90. The van der Waals surface area contributed by atoms with Crippen LogP contribution < -0.4 is 0 Å². The highest BCUT2D eigenvalue weighted by Crippen LogP contribution is 2.48. The molecule has 0 aliphatic carbocycles. The van der Waals surface area contributed by atoms with Crippen molar-refractivity contribution in [1.29, 1.82) is 0 Å². The van der Waals surface area contributed by atoms with Crippen LogP contribution in [-0.4, -0.2) is 10.7 Å². The molecule has 1 aliphatic rings. The molecule has 0 bridgehead atoms. The summed E-state index contributed by atoms with van der Waals surface area (Å²) in [6.45, 7) is 18.8. The van der Waals surface area contributed by atoms with Crippen molar-refractivity contribution in [2.45, 2.75) is 62.3 Å². The lowest BCUT2D eigenvalue weighted by Gasteiger charge is -2.17. The molecular weight excluding hydrogens is 602 g/mol. The van der Waals surface area contributed by atoms with Crippen molar-refractivity contribution < 1.29 is 0 Å². The number of halogens is 4.